The Morgan fingerprint density at radius 2 is 2.00 bits per heavy atom. The first-order valence-electron chi connectivity index (χ1n) is 5.99. The van der Waals surface area contributed by atoms with E-state index in [9.17, 15) is 5.11 Å². The number of hydrogen-bond acceptors (Lipinski definition) is 2. The smallest absolute Gasteiger partial charge is 0.121 e. The third kappa shape index (κ3) is 2.35. The monoisotopic (exact) mass is 308 g/mol. The molecule has 18 heavy (non-hydrogen) atoms. The quantitative estimate of drug-likeness (QED) is 0.940. The molecule has 2 aromatic rings. The normalized spacial score (nSPS) is 13.0. The van der Waals surface area contributed by atoms with E-state index in [1.54, 1.807) is 6.20 Å². The topological polar surface area (TPSA) is 38.1 Å². The molecule has 0 saturated carbocycles. The average molecular weight is 309 g/mol. The van der Waals surface area contributed by atoms with Crippen LogP contribution in [0.1, 0.15) is 42.8 Å². The highest BCUT2D eigenvalue weighted by molar-refractivity contribution is 9.10. The van der Waals surface area contributed by atoms with Gasteiger partial charge in [0.1, 0.15) is 6.10 Å². The molecule has 0 radical (unpaired) electrons. The molecular formula is C14H17BrN2O. The summed E-state index contributed by atoms with van der Waals surface area (Å²) >= 11 is 3.49. The third-order valence-corrected chi connectivity index (χ3v) is 3.93. The number of nitrogens with zero attached hydrogens (tertiary/aromatic N) is 2. The molecule has 1 unspecified atom stereocenters. The molecule has 0 spiro atoms. The molecule has 96 valence electrons. The molecule has 3 nitrogen and oxygen atoms in total. The average Bonchev–Trinajstić information content (AvgIpc) is 2.81. The Kier molecular flexibility index (Phi) is 3.88. The van der Waals surface area contributed by atoms with Gasteiger partial charge in [0, 0.05) is 16.7 Å². The van der Waals surface area contributed by atoms with E-state index in [0.29, 0.717) is 0 Å². The Morgan fingerprint density at radius 3 is 2.67 bits per heavy atom. The van der Waals surface area contributed by atoms with Crippen molar-refractivity contribution in [1.82, 2.24) is 9.78 Å². The highest BCUT2D eigenvalue weighted by atomic mass is 79.9. The SMILES string of the molecule is Cc1c(Br)cccc1C(O)c1ccnn1C(C)C. The number of halogens is 1. The van der Waals surface area contributed by atoms with Crippen LogP contribution in [-0.4, -0.2) is 14.9 Å². The molecule has 0 aliphatic rings. The van der Waals surface area contributed by atoms with E-state index in [1.807, 2.05) is 35.9 Å². The Hall–Kier alpha value is -1.13. The number of aliphatic hydroxyl groups is 1. The lowest BCUT2D eigenvalue weighted by Crippen LogP contribution is -2.13. The van der Waals surface area contributed by atoms with Gasteiger partial charge in [0.2, 0.25) is 0 Å². The van der Waals surface area contributed by atoms with Gasteiger partial charge in [-0.1, -0.05) is 28.1 Å². The van der Waals surface area contributed by atoms with Crippen LogP contribution in [0.3, 0.4) is 0 Å². The standard InChI is InChI=1S/C14H17BrN2O/c1-9(2)17-13(7-8-16-17)14(18)11-5-4-6-12(15)10(11)3/h4-9,14,18H,1-3H3. The molecule has 1 aromatic heterocycles. The summed E-state index contributed by atoms with van der Waals surface area (Å²) in [6.45, 7) is 6.10. The van der Waals surface area contributed by atoms with Crippen LogP contribution in [0.2, 0.25) is 0 Å². The lowest BCUT2D eigenvalue weighted by Gasteiger charge is -2.18. The zero-order chi connectivity index (χ0) is 13.3. The highest BCUT2D eigenvalue weighted by Gasteiger charge is 2.19. The van der Waals surface area contributed by atoms with Crippen molar-refractivity contribution in [1.29, 1.82) is 0 Å². The van der Waals surface area contributed by atoms with E-state index in [2.05, 4.69) is 34.9 Å². The van der Waals surface area contributed by atoms with Crippen LogP contribution in [0.4, 0.5) is 0 Å². The van der Waals surface area contributed by atoms with Crippen molar-refractivity contribution in [2.45, 2.75) is 32.9 Å². The molecule has 0 saturated heterocycles. The van der Waals surface area contributed by atoms with Gasteiger partial charge in [0.15, 0.2) is 0 Å². The van der Waals surface area contributed by atoms with E-state index in [0.717, 1.165) is 21.3 Å². The van der Waals surface area contributed by atoms with Crippen molar-refractivity contribution in [2.75, 3.05) is 0 Å². The number of rotatable bonds is 3. The summed E-state index contributed by atoms with van der Waals surface area (Å²) in [5, 5.41) is 14.8. The van der Waals surface area contributed by atoms with Crippen LogP contribution < -0.4 is 0 Å². The van der Waals surface area contributed by atoms with Crippen molar-refractivity contribution in [3.63, 3.8) is 0 Å². The fraction of sp³-hybridized carbons (Fsp3) is 0.357. The fourth-order valence-corrected chi connectivity index (χ4v) is 2.43. The Balaban J connectivity index is 2.45. The highest BCUT2D eigenvalue weighted by Crippen LogP contribution is 2.29. The zero-order valence-corrected chi connectivity index (χ0v) is 12.3. The minimum absolute atomic E-state index is 0.233. The summed E-state index contributed by atoms with van der Waals surface area (Å²) < 4.78 is 2.86. The van der Waals surface area contributed by atoms with E-state index < -0.39 is 6.10 Å². The second-order valence-electron chi connectivity index (χ2n) is 4.65. The predicted molar refractivity (Wildman–Crippen MR) is 75.6 cm³/mol. The predicted octanol–water partition coefficient (Wildman–Crippen LogP) is 3.62. The molecule has 2 rings (SSSR count). The molecule has 1 atom stereocenters. The maximum Gasteiger partial charge on any atom is 0.121 e. The van der Waals surface area contributed by atoms with Crippen molar-refractivity contribution >= 4 is 15.9 Å². The largest absolute Gasteiger partial charge is 0.382 e. The van der Waals surface area contributed by atoms with Crippen LogP contribution in [0, 0.1) is 6.92 Å². The van der Waals surface area contributed by atoms with Crippen LogP contribution in [-0.2, 0) is 0 Å². The molecular weight excluding hydrogens is 292 g/mol. The van der Waals surface area contributed by atoms with Gasteiger partial charge in [-0.05, 0) is 44.0 Å². The van der Waals surface area contributed by atoms with Crippen molar-refractivity contribution < 1.29 is 5.11 Å². The van der Waals surface area contributed by atoms with Gasteiger partial charge < -0.3 is 5.11 Å². The van der Waals surface area contributed by atoms with Crippen molar-refractivity contribution in [2.24, 2.45) is 0 Å². The van der Waals surface area contributed by atoms with Gasteiger partial charge in [-0.3, -0.25) is 4.68 Å². The molecule has 0 amide bonds. The summed E-state index contributed by atoms with van der Waals surface area (Å²) in [6, 6.07) is 7.96. The third-order valence-electron chi connectivity index (χ3n) is 3.07. The maximum absolute atomic E-state index is 10.5. The van der Waals surface area contributed by atoms with Gasteiger partial charge in [0.05, 0.1) is 5.69 Å². The second-order valence-corrected chi connectivity index (χ2v) is 5.51. The molecule has 1 heterocycles. The molecule has 1 N–H and O–H groups in total. The van der Waals surface area contributed by atoms with Crippen LogP contribution in [0.5, 0.6) is 0 Å². The summed E-state index contributed by atoms with van der Waals surface area (Å²) in [5.41, 5.74) is 2.79. The van der Waals surface area contributed by atoms with Gasteiger partial charge in [-0.15, -0.1) is 0 Å². The van der Waals surface area contributed by atoms with Crippen LogP contribution >= 0.6 is 15.9 Å². The molecule has 0 bridgehead atoms. The first-order chi connectivity index (χ1) is 8.52. The number of aromatic nitrogens is 2. The zero-order valence-electron chi connectivity index (χ0n) is 10.8. The van der Waals surface area contributed by atoms with Gasteiger partial charge in [-0.2, -0.15) is 5.10 Å². The second kappa shape index (κ2) is 5.24. The Morgan fingerprint density at radius 1 is 1.28 bits per heavy atom. The lowest BCUT2D eigenvalue weighted by molar-refractivity contribution is 0.204. The summed E-state index contributed by atoms with van der Waals surface area (Å²) in [4.78, 5) is 0. The summed E-state index contributed by atoms with van der Waals surface area (Å²) in [5.74, 6) is 0. The lowest BCUT2D eigenvalue weighted by atomic mass is 10.0. The van der Waals surface area contributed by atoms with Gasteiger partial charge in [0.25, 0.3) is 0 Å². The molecule has 1 aromatic carbocycles. The van der Waals surface area contributed by atoms with E-state index >= 15 is 0 Å². The van der Waals surface area contributed by atoms with Crippen LogP contribution in [0.25, 0.3) is 0 Å². The van der Waals surface area contributed by atoms with Crippen molar-refractivity contribution in [3.8, 4) is 0 Å². The molecule has 0 fully saturated rings. The first-order valence-corrected chi connectivity index (χ1v) is 6.78. The maximum atomic E-state index is 10.5. The Labute approximate surface area is 116 Å². The molecule has 4 heteroatoms. The fourth-order valence-electron chi connectivity index (χ4n) is 2.05. The number of hydrogen-bond donors (Lipinski definition) is 1. The first kappa shape index (κ1) is 13.3. The van der Waals surface area contributed by atoms with Crippen molar-refractivity contribution in [3.05, 3.63) is 51.8 Å². The molecule has 0 aliphatic carbocycles. The minimum atomic E-state index is -0.646. The number of aliphatic hydroxyl groups excluding tert-OH is 1. The number of benzene rings is 1. The summed E-state index contributed by atoms with van der Waals surface area (Å²) in [6.07, 6.45) is 1.08. The van der Waals surface area contributed by atoms with E-state index in [-0.39, 0.29) is 6.04 Å². The van der Waals surface area contributed by atoms with E-state index in [4.69, 9.17) is 0 Å². The Bertz CT molecular complexity index is 548. The summed E-state index contributed by atoms with van der Waals surface area (Å²) in [7, 11) is 0. The molecule has 0 aliphatic heterocycles. The van der Waals surface area contributed by atoms with E-state index in [1.165, 1.54) is 0 Å². The minimum Gasteiger partial charge on any atom is -0.382 e. The van der Waals surface area contributed by atoms with Gasteiger partial charge in [-0.25, -0.2) is 0 Å². The van der Waals surface area contributed by atoms with Crippen LogP contribution in [0.15, 0.2) is 34.9 Å². The van der Waals surface area contributed by atoms with Gasteiger partial charge >= 0.3 is 0 Å².